The SMILES string of the molecule is CCN(CC(=O)Nc1cccc(OC)c1)CC(=O)N(c1ccccc1)C(C)C. The fourth-order valence-electron chi connectivity index (χ4n) is 2.97. The van der Waals surface area contributed by atoms with Gasteiger partial charge in [-0.25, -0.2) is 0 Å². The van der Waals surface area contributed by atoms with Gasteiger partial charge in [-0.2, -0.15) is 0 Å². The van der Waals surface area contributed by atoms with Crippen molar-refractivity contribution in [1.29, 1.82) is 0 Å². The molecular weight excluding hydrogens is 354 g/mol. The topological polar surface area (TPSA) is 61.9 Å². The lowest BCUT2D eigenvalue weighted by molar-refractivity contribution is -0.121. The summed E-state index contributed by atoms with van der Waals surface area (Å²) >= 11 is 0. The molecule has 0 unspecified atom stereocenters. The van der Waals surface area contributed by atoms with Crippen LogP contribution in [0.4, 0.5) is 11.4 Å². The maximum Gasteiger partial charge on any atom is 0.241 e. The molecule has 6 heteroatoms. The number of ether oxygens (including phenoxy) is 1. The Bertz CT molecular complexity index is 778. The predicted octanol–water partition coefficient (Wildman–Crippen LogP) is 3.40. The Balaban J connectivity index is 2.00. The average molecular weight is 383 g/mol. The molecule has 1 N–H and O–H groups in total. The number of carbonyl (C=O) groups is 2. The molecule has 2 amide bonds. The molecule has 0 saturated carbocycles. The van der Waals surface area contributed by atoms with Gasteiger partial charge in [-0.3, -0.25) is 14.5 Å². The summed E-state index contributed by atoms with van der Waals surface area (Å²) in [6.07, 6.45) is 0. The molecule has 150 valence electrons. The van der Waals surface area contributed by atoms with Crippen LogP contribution in [0.3, 0.4) is 0 Å². The first-order valence-corrected chi connectivity index (χ1v) is 9.48. The van der Waals surface area contributed by atoms with E-state index < -0.39 is 0 Å². The van der Waals surface area contributed by atoms with Crippen molar-refractivity contribution in [3.63, 3.8) is 0 Å². The normalized spacial score (nSPS) is 10.8. The van der Waals surface area contributed by atoms with E-state index in [0.29, 0.717) is 18.0 Å². The molecule has 0 heterocycles. The number of likely N-dealkylation sites (N-methyl/N-ethyl adjacent to an activating group) is 1. The number of para-hydroxylation sites is 1. The second kappa shape index (κ2) is 10.5. The highest BCUT2D eigenvalue weighted by Crippen LogP contribution is 2.18. The van der Waals surface area contributed by atoms with E-state index in [1.54, 1.807) is 24.1 Å². The van der Waals surface area contributed by atoms with Gasteiger partial charge in [0, 0.05) is 23.5 Å². The fourth-order valence-corrected chi connectivity index (χ4v) is 2.97. The zero-order valence-corrected chi connectivity index (χ0v) is 17.0. The van der Waals surface area contributed by atoms with E-state index in [4.69, 9.17) is 4.74 Å². The average Bonchev–Trinajstić information content (AvgIpc) is 2.68. The van der Waals surface area contributed by atoms with Crippen molar-refractivity contribution >= 4 is 23.2 Å². The number of hydrogen-bond acceptors (Lipinski definition) is 4. The van der Waals surface area contributed by atoms with Crippen LogP contribution in [0.5, 0.6) is 5.75 Å². The molecule has 0 bridgehead atoms. The minimum absolute atomic E-state index is 0.0271. The van der Waals surface area contributed by atoms with Crippen molar-refractivity contribution in [3.8, 4) is 5.75 Å². The maximum absolute atomic E-state index is 12.9. The number of nitrogens with one attached hydrogen (secondary N) is 1. The van der Waals surface area contributed by atoms with Crippen molar-refractivity contribution in [2.75, 3.05) is 37.0 Å². The van der Waals surface area contributed by atoms with Gasteiger partial charge in [0.2, 0.25) is 11.8 Å². The maximum atomic E-state index is 12.9. The van der Waals surface area contributed by atoms with Crippen LogP contribution in [-0.2, 0) is 9.59 Å². The van der Waals surface area contributed by atoms with Gasteiger partial charge < -0.3 is 15.0 Å². The summed E-state index contributed by atoms with van der Waals surface area (Å²) in [5.41, 5.74) is 1.53. The summed E-state index contributed by atoms with van der Waals surface area (Å²) < 4.78 is 5.17. The Labute approximate surface area is 167 Å². The van der Waals surface area contributed by atoms with Crippen molar-refractivity contribution in [2.45, 2.75) is 26.8 Å². The second-order valence-corrected chi connectivity index (χ2v) is 6.78. The molecule has 2 aromatic carbocycles. The van der Waals surface area contributed by atoms with Crippen LogP contribution in [0.1, 0.15) is 20.8 Å². The molecule has 6 nitrogen and oxygen atoms in total. The molecule has 0 saturated heterocycles. The number of hydrogen-bond donors (Lipinski definition) is 1. The van der Waals surface area contributed by atoms with Gasteiger partial charge >= 0.3 is 0 Å². The van der Waals surface area contributed by atoms with Crippen LogP contribution in [0.15, 0.2) is 54.6 Å². The Hall–Kier alpha value is -2.86. The van der Waals surface area contributed by atoms with E-state index >= 15 is 0 Å². The number of methoxy groups -OCH3 is 1. The van der Waals surface area contributed by atoms with Gasteiger partial charge in [-0.15, -0.1) is 0 Å². The lowest BCUT2D eigenvalue weighted by Crippen LogP contribution is -2.45. The molecule has 2 rings (SSSR count). The predicted molar refractivity (Wildman–Crippen MR) is 113 cm³/mol. The van der Waals surface area contributed by atoms with Crippen LogP contribution in [0.2, 0.25) is 0 Å². The van der Waals surface area contributed by atoms with E-state index in [1.807, 2.05) is 68.1 Å². The molecule has 0 radical (unpaired) electrons. The van der Waals surface area contributed by atoms with E-state index in [2.05, 4.69) is 5.32 Å². The van der Waals surface area contributed by atoms with Crippen molar-refractivity contribution in [1.82, 2.24) is 4.90 Å². The quantitative estimate of drug-likeness (QED) is 0.721. The van der Waals surface area contributed by atoms with Crippen molar-refractivity contribution < 1.29 is 14.3 Å². The zero-order chi connectivity index (χ0) is 20.5. The lowest BCUT2D eigenvalue weighted by Gasteiger charge is -2.29. The molecule has 0 atom stereocenters. The molecule has 0 aromatic heterocycles. The number of nitrogens with zero attached hydrogens (tertiary/aromatic N) is 2. The third-order valence-corrected chi connectivity index (χ3v) is 4.35. The molecule has 2 aromatic rings. The van der Waals surface area contributed by atoms with Crippen molar-refractivity contribution in [2.24, 2.45) is 0 Å². The Morgan fingerprint density at radius 1 is 1.04 bits per heavy atom. The number of carbonyl (C=O) groups excluding carboxylic acids is 2. The number of rotatable bonds is 9. The standard InChI is InChI=1S/C22H29N3O3/c1-5-24(15-21(26)23-18-10-9-13-20(14-18)28-4)16-22(27)25(17(2)3)19-11-7-6-8-12-19/h6-14,17H,5,15-16H2,1-4H3,(H,23,26). The van der Waals surface area contributed by atoms with Crippen LogP contribution in [0.25, 0.3) is 0 Å². The first-order valence-electron chi connectivity index (χ1n) is 9.48. The fraction of sp³-hybridized carbons (Fsp3) is 0.364. The molecule has 0 spiro atoms. The largest absolute Gasteiger partial charge is 0.497 e. The highest BCUT2D eigenvalue weighted by Gasteiger charge is 2.22. The van der Waals surface area contributed by atoms with E-state index in [-0.39, 0.29) is 30.9 Å². The molecule has 0 aliphatic heterocycles. The van der Waals surface area contributed by atoms with Crippen LogP contribution in [-0.4, -0.2) is 49.5 Å². The van der Waals surface area contributed by atoms with Gasteiger partial charge in [-0.1, -0.05) is 31.2 Å². The monoisotopic (exact) mass is 383 g/mol. The zero-order valence-electron chi connectivity index (χ0n) is 17.0. The van der Waals surface area contributed by atoms with Crippen molar-refractivity contribution in [3.05, 3.63) is 54.6 Å². The van der Waals surface area contributed by atoms with Crippen LogP contribution >= 0.6 is 0 Å². The molecule has 0 aliphatic carbocycles. The summed E-state index contributed by atoms with van der Waals surface area (Å²) in [4.78, 5) is 28.9. The minimum Gasteiger partial charge on any atom is -0.497 e. The third kappa shape index (κ3) is 6.09. The number of benzene rings is 2. The van der Waals surface area contributed by atoms with Gasteiger partial charge in [0.15, 0.2) is 0 Å². The highest BCUT2D eigenvalue weighted by molar-refractivity contribution is 5.96. The van der Waals surface area contributed by atoms with Gasteiger partial charge in [-0.05, 0) is 44.7 Å². The lowest BCUT2D eigenvalue weighted by atomic mass is 10.2. The second-order valence-electron chi connectivity index (χ2n) is 6.78. The Morgan fingerprint density at radius 2 is 1.75 bits per heavy atom. The van der Waals surface area contributed by atoms with Crippen LogP contribution in [0, 0.1) is 0 Å². The summed E-state index contributed by atoms with van der Waals surface area (Å²) in [7, 11) is 1.58. The summed E-state index contributed by atoms with van der Waals surface area (Å²) in [5.74, 6) is 0.478. The minimum atomic E-state index is -0.168. The summed E-state index contributed by atoms with van der Waals surface area (Å²) in [5, 5.41) is 2.85. The summed E-state index contributed by atoms with van der Waals surface area (Å²) in [6.45, 7) is 6.81. The first kappa shape index (κ1) is 21.4. The van der Waals surface area contributed by atoms with Gasteiger partial charge in [0.25, 0.3) is 0 Å². The highest BCUT2D eigenvalue weighted by atomic mass is 16.5. The smallest absolute Gasteiger partial charge is 0.241 e. The van der Waals surface area contributed by atoms with Crippen LogP contribution < -0.4 is 15.0 Å². The van der Waals surface area contributed by atoms with E-state index in [1.165, 1.54) is 0 Å². The van der Waals surface area contributed by atoms with Gasteiger partial charge in [0.1, 0.15) is 5.75 Å². The Morgan fingerprint density at radius 3 is 2.36 bits per heavy atom. The number of amides is 2. The molecular formula is C22H29N3O3. The third-order valence-electron chi connectivity index (χ3n) is 4.35. The number of anilines is 2. The molecule has 0 fully saturated rings. The van der Waals surface area contributed by atoms with E-state index in [9.17, 15) is 9.59 Å². The molecule has 28 heavy (non-hydrogen) atoms. The van der Waals surface area contributed by atoms with E-state index in [0.717, 1.165) is 5.69 Å². The molecule has 0 aliphatic rings. The Kier molecular flexibility index (Phi) is 8.02. The summed E-state index contributed by atoms with van der Waals surface area (Å²) in [6, 6.07) is 16.8. The van der Waals surface area contributed by atoms with Gasteiger partial charge in [0.05, 0.1) is 20.2 Å². The first-order chi connectivity index (χ1) is 13.4.